The molecule has 0 atom stereocenters. The minimum atomic E-state index is -1.53. The molecular weight excluding hydrogens is 1100 g/mol. The zero-order valence-electron chi connectivity index (χ0n) is 31.1. The number of anilines is 6. The summed E-state index contributed by atoms with van der Waals surface area (Å²) < 4.78 is 79.2. The van der Waals surface area contributed by atoms with Crippen LogP contribution in [0.5, 0.6) is 0 Å². The van der Waals surface area contributed by atoms with Crippen LogP contribution in [0.1, 0.15) is 33.9 Å². The Morgan fingerprint density at radius 3 is 1.18 bits per heavy atom. The summed E-state index contributed by atoms with van der Waals surface area (Å²) in [5.74, 6) is -7.25. The smallest absolute Gasteiger partial charge is 0.124 e. The minimum absolute atomic E-state index is 0. The van der Waals surface area contributed by atoms with E-state index in [0.717, 1.165) is 57.4 Å². The van der Waals surface area contributed by atoms with Gasteiger partial charge in [-0.3, -0.25) is 8.78 Å². The molecule has 0 amide bonds. The SMILES string of the molecule is Cc1cc(C)[n-]n1.Cc1cc(C)[n-]n1.Cc1cnc2c(c1)N(C)[CH-]N2c1[c-]c(F)c(F)c(F)c1.Cc1cnc2c(c1)N(C)[CH-]N2c1[c-]c(F)c(F)c(F)c1.[Pt].[Pt]. The van der Waals surface area contributed by atoms with Crippen molar-refractivity contribution in [3.8, 4) is 0 Å². The van der Waals surface area contributed by atoms with E-state index in [1.807, 2.05) is 65.8 Å². The molecule has 0 unspecified atom stereocenters. The summed E-state index contributed by atoms with van der Waals surface area (Å²) in [7, 11) is 3.58. The van der Waals surface area contributed by atoms with Crippen molar-refractivity contribution in [2.24, 2.45) is 0 Å². The summed E-state index contributed by atoms with van der Waals surface area (Å²) in [6, 6.07) is 13.8. The van der Waals surface area contributed by atoms with E-state index in [1.54, 1.807) is 49.6 Å². The van der Waals surface area contributed by atoms with Crippen molar-refractivity contribution >= 4 is 34.4 Å². The minimum Gasteiger partial charge on any atom is -0.579 e. The molecule has 4 aromatic heterocycles. The molecule has 0 saturated heterocycles. The molecule has 2 aromatic carbocycles. The van der Waals surface area contributed by atoms with Gasteiger partial charge in [-0.15, -0.1) is 35.7 Å². The molecule has 304 valence electrons. The molecule has 6 aromatic rings. The molecule has 0 radical (unpaired) electrons. The molecule has 0 spiro atoms. The summed E-state index contributed by atoms with van der Waals surface area (Å²) in [5, 5.41) is 15.1. The van der Waals surface area contributed by atoms with E-state index in [1.165, 1.54) is 9.80 Å². The van der Waals surface area contributed by atoms with Crippen LogP contribution in [0, 0.1) is 102 Å². The first-order valence-corrected chi connectivity index (χ1v) is 16.2. The molecule has 8 rings (SSSR count). The van der Waals surface area contributed by atoms with Gasteiger partial charge in [-0.1, -0.05) is 37.4 Å². The zero-order valence-corrected chi connectivity index (χ0v) is 35.7. The Kier molecular flexibility index (Phi) is 15.9. The van der Waals surface area contributed by atoms with Gasteiger partial charge >= 0.3 is 0 Å². The number of halogens is 6. The first kappa shape index (κ1) is 45.7. The molecule has 0 bridgehead atoms. The van der Waals surface area contributed by atoms with Gasteiger partial charge < -0.3 is 40.0 Å². The molecule has 10 nitrogen and oxygen atoms in total. The second kappa shape index (κ2) is 19.5. The van der Waals surface area contributed by atoms with Gasteiger partial charge in [-0.2, -0.15) is 13.3 Å². The van der Waals surface area contributed by atoms with E-state index in [2.05, 4.69) is 42.5 Å². The fourth-order valence-electron chi connectivity index (χ4n) is 5.19. The standard InChI is InChI=1S/2C14H10F3N3.2C5H7N2.2Pt/c2*1-8-3-12-14(18-6-8)20(7-19(12)2)9-4-10(15)13(17)11(16)5-9;2*1-4-3-5(2)7-6-4;;/h2*3-4,6-7H,1-2H3;2*3H,1-2H3;;/q2*-2;2*-1;;. The van der Waals surface area contributed by atoms with Crippen LogP contribution >= 0.6 is 0 Å². The predicted octanol–water partition coefficient (Wildman–Crippen LogP) is 7.94. The van der Waals surface area contributed by atoms with E-state index in [-0.39, 0.29) is 53.5 Å². The van der Waals surface area contributed by atoms with Crippen molar-refractivity contribution in [3.05, 3.63) is 143 Å². The third-order valence-corrected chi connectivity index (χ3v) is 7.65. The van der Waals surface area contributed by atoms with E-state index in [0.29, 0.717) is 11.6 Å². The summed E-state index contributed by atoms with van der Waals surface area (Å²) in [5.41, 5.74) is 7.63. The number of benzene rings is 2. The molecule has 2 aliphatic rings. The molecule has 2 aliphatic heterocycles. The normalized spacial score (nSPS) is 12.2. The number of nitrogens with zero attached hydrogens (tertiary/aromatic N) is 10. The van der Waals surface area contributed by atoms with Crippen molar-refractivity contribution in [1.82, 2.24) is 30.4 Å². The monoisotopic (exact) mass is 1130 g/mol. The van der Waals surface area contributed by atoms with Gasteiger partial charge in [0.2, 0.25) is 0 Å². The first-order chi connectivity index (χ1) is 25.5. The average Bonchev–Trinajstić information content (AvgIpc) is 3.88. The van der Waals surface area contributed by atoms with Crippen LogP contribution in [-0.4, -0.2) is 34.3 Å². The topological polar surface area (TPSA) is 92.7 Å². The number of rotatable bonds is 2. The van der Waals surface area contributed by atoms with Crippen molar-refractivity contribution in [1.29, 1.82) is 0 Å². The number of hydrogen-bond donors (Lipinski definition) is 0. The maximum absolute atomic E-state index is 13.3. The Hall–Kier alpha value is -4.68. The molecular formula is C38H34F6N10Pt2-6. The number of pyridine rings is 2. The van der Waals surface area contributed by atoms with Crippen LogP contribution in [0.15, 0.2) is 48.8 Å². The number of aryl methyl sites for hydroxylation is 6. The number of aromatic nitrogens is 6. The van der Waals surface area contributed by atoms with Gasteiger partial charge in [0, 0.05) is 88.9 Å². The van der Waals surface area contributed by atoms with Crippen molar-refractivity contribution < 1.29 is 68.5 Å². The predicted molar refractivity (Wildman–Crippen MR) is 192 cm³/mol. The van der Waals surface area contributed by atoms with Gasteiger partial charge in [-0.25, -0.2) is 27.5 Å². The van der Waals surface area contributed by atoms with Crippen molar-refractivity contribution in [2.45, 2.75) is 41.5 Å². The molecule has 0 fully saturated rings. The number of fused-ring (bicyclic) bond motifs is 2. The van der Waals surface area contributed by atoms with Gasteiger partial charge in [0.05, 0.1) is 23.3 Å². The second-order valence-electron chi connectivity index (χ2n) is 12.4. The molecule has 56 heavy (non-hydrogen) atoms. The molecule has 6 heterocycles. The zero-order chi connectivity index (χ0) is 39.4. The van der Waals surface area contributed by atoms with Crippen molar-refractivity contribution in [3.63, 3.8) is 0 Å². The molecule has 0 aliphatic carbocycles. The van der Waals surface area contributed by atoms with Gasteiger partial charge in [0.25, 0.3) is 0 Å². The van der Waals surface area contributed by atoms with Gasteiger partial charge in [0.15, 0.2) is 0 Å². The Labute approximate surface area is 349 Å². The maximum atomic E-state index is 13.3. The summed E-state index contributed by atoms with van der Waals surface area (Å²) >= 11 is 0. The third kappa shape index (κ3) is 10.8. The van der Waals surface area contributed by atoms with Crippen LogP contribution in [-0.2, 0) is 42.1 Å². The van der Waals surface area contributed by atoms with Crippen LogP contribution in [0.4, 0.5) is 60.7 Å². The van der Waals surface area contributed by atoms with Crippen LogP contribution in [0.2, 0.25) is 0 Å². The quantitative estimate of drug-likeness (QED) is 0.0968. The van der Waals surface area contributed by atoms with E-state index in [4.69, 9.17) is 0 Å². The molecule has 0 N–H and O–H groups in total. The van der Waals surface area contributed by atoms with Gasteiger partial charge in [0.1, 0.15) is 11.6 Å². The van der Waals surface area contributed by atoms with E-state index < -0.39 is 34.9 Å². The second-order valence-corrected chi connectivity index (χ2v) is 12.4. The Balaban J connectivity index is 0.000000219. The molecule has 18 heteroatoms. The van der Waals surface area contributed by atoms with Crippen LogP contribution < -0.4 is 29.8 Å². The Morgan fingerprint density at radius 1 is 0.554 bits per heavy atom. The fourth-order valence-corrected chi connectivity index (χ4v) is 5.19. The van der Waals surface area contributed by atoms with E-state index in [9.17, 15) is 26.3 Å². The van der Waals surface area contributed by atoms with Crippen molar-refractivity contribution in [2.75, 3.05) is 33.7 Å². The molecule has 0 saturated carbocycles. The van der Waals surface area contributed by atoms with Crippen LogP contribution in [0.25, 0.3) is 0 Å². The number of hydrogen-bond acceptors (Lipinski definition) is 8. The summed E-state index contributed by atoms with van der Waals surface area (Å²) in [4.78, 5) is 14.9. The van der Waals surface area contributed by atoms with E-state index >= 15 is 0 Å². The summed E-state index contributed by atoms with van der Waals surface area (Å²) in [6.45, 7) is 14.7. The Bertz CT molecular complexity index is 2030. The van der Waals surface area contributed by atoms with Crippen LogP contribution in [0.3, 0.4) is 0 Å². The fraction of sp³-hybridized carbons (Fsp3) is 0.211. The summed E-state index contributed by atoms with van der Waals surface area (Å²) in [6.07, 6.45) is 3.30. The average molecular weight is 1130 g/mol. The maximum Gasteiger partial charge on any atom is 0.124 e. The largest absolute Gasteiger partial charge is 0.579 e. The first-order valence-electron chi connectivity index (χ1n) is 16.2. The third-order valence-electron chi connectivity index (χ3n) is 7.65. The van der Waals surface area contributed by atoms with Gasteiger partial charge in [-0.05, 0) is 65.0 Å². The Morgan fingerprint density at radius 2 is 0.911 bits per heavy atom.